The number of halogens is 5. The van der Waals surface area contributed by atoms with Crippen molar-refractivity contribution in [3.63, 3.8) is 0 Å². The molecule has 0 unspecified atom stereocenters. The number of rotatable bonds is 2. The maximum Gasteiger partial charge on any atom is 0.390 e. The molecule has 0 saturated carbocycles. The van der Waals surface area contributed by atoms with Crippen LogP contribution in [0.15, 0.2) is 18.2 Å². The first-order chi connectivity index (χ1) is 6.79. The molecule has 16 heavy (non-hydrogen) atoms. The molecule has 0 amide bonds. The van der Waals surface area contributed by atoms with Crippen LogP contribution in [0.4, 0.5) is 13.2 Å². The first-order valence-corrected chi connectivity index (χ1v) is 4.48. The zero-order chi connectivity index (χ0) is 11.6. The molecule has 1 aromatic carbocycles. The van der Waals surface area contributed by atoms with Gasteiger partial charge in [-0.05, 0) is 18.2 Å². The second-order valence-electron chi connectivity index (χ2n) is 3.13. The lowest BCUT2D eigenvalue weighted by molar-refractivity contribution is -0.138. The minimum Gasteiger partial charge on any atom is -0.508 e. The Labute approximate surface area is 102 Å². The number of phenols is 1. The van der Waals surface area contributed by atoms with E-state index in [1.165, 1.54) is 18.2 Å². The van der Waals surface area contributed by atoms with Gasteiger partial charge in [0.15, 0.2) is 0 Å². The van der Waals surface area contributed by atoms with Crippen LogP contribution in [0.1, 0.15) is 18.0 Å². The summed E-state index contributed by atoms with van der Waals surface area (Å²) in [4.78, 5) is 0. The number of phenolic OH excluding ortho intramolecular Hbond substituents is 1. The molecule has 7 heteroatoms. The third-order valence-electron chi connectivity index (χ3n) is 1.84. The van der Waals surface area contributed by atoms with E-state index in [2.05, 4.69) is 0 Å². The van der Waals surface area contributed by atoms with E-state index in [9.17, 15) is 18.3 Å². The lowest BCUT2D eigenvalue weighted by atomic mass is 10.0. The molecule has 1 rings (SSSR count). The van der Waals surface area contributed by atoms with Crippen molar-refractivity contribution in [2.45, 2.75) is 18.6 Å². The summed E-state index contributed by atoms with van der Waals surface area (Å²) in [5, 5.41) is 9.53. The quantitative estimate of drug-likeness (QED) is 0.869. The predicted octanol–water partition coefficient (Wildman–Crippen LogP) is 3.42. The second kappa shape index (κ2) is 5.61. The Hall–Kier alpha value is -0.650. The van der Waals surface area contributed by atoms with Crippen LogP contribution >= 0.6 is 24.0 Å². The molecule has 1 aromatic rings. The smallest absolute Gasteiger partial charge is 0.390 e. The van der Waals surface area contributed by atoms with Gasteiger partial charge in [0, 0.05) is 16.6 Å². The van der Waals surface area contributed by atoms with Gasteiger partial charge in [0.25, 0.3) is 0 Å². The van der Waals surface area contributed by atoms with Gasteiger partial charge < -0.3 is 10.8 Å². The summed E-state index contributed by atoms with van der Waals surface area (Å²) in [5.41, 5.74) is 5.31. The number of alkyl halides is 3. The molecule has 1 atom stereocenters. The maximum absolute atomic E-state index is 12.0. The molecule has 0 heterocycles. The Kier molecular flexibility index (Phi) is 5.38. The maximum atomic E-state index is 12.0. The number of aromatic hydroxyl groups is 1. The standard InChI is InChI=1S/C9H9ClF3NO.ClH/c10-5-1-2-8(15)6(3-5)7(14)4-9(11,12)13;/h1-3,7,15H,4,14H2;1H/t7-;/m1./s1. The van der Waals surface area contributed by atoms with Gasteiger partial charge in [-0.2, -0.15) is 13.2 Å². The molecule has 0 aliphatic heterocycles. The van der Waals surface area contributed by atoms with Crippen LogP contribution in [0.5, 0.6) is 5.75 Å². The van der Waals surface area contributed by atoms with Crippen molar-refractivity contribution < 1.29 is 18.3 Å². The fraction of sp³-hybridized carbons (Fsp3) is 0.333. The van der Waals surface area contributed by atoms with Crippen LogP contribution in [-0.4, -0.2) is 11.3 Å². The molecule has 3 N–H and O–H groups in total. The minimum atomic E-state index is -4.37. The first-order valence-electron chi connectivity index (χ1n) is 4.10. The number of hydrogen-bond donors (Lipinski definition) is 2. The molecule has 2 nitrogen and oxygen atoms in total. The van der Waals surface area contributed by atoms with Crippen molar-refractivity contribution in [1.29, 1.82) is 0 Å². The van der Waals surface area contributed by atoms with Crippen LogP contribution in [-0.2, 0) is 0 Å². The Bertz CT molecular complexity index is 357. The molecule has 0 bridgehead atoms. The number of hydrogen-bond acceptors (Lipinski definition) is 2. The van der Waals surface area contributed by atoms with Crippen molar-refractivity contribution in [3.05, 3.63) is 28.8 Å². The summed E-state index contributed by atoms with van der Waals surface area (Å²) in [6.45, 7) is 0. The molecule has 92 valence electrons. The van der Waals surface area contributed by atoms with E-state index in [-0.39, 0.29) is 28.7 Å². The van der Waals surface area contributed by atoms with E-state index in [0.29, 0.717) is 0 Å². The largest absolute Gasteiger partial charge is 0.508 e. The third-order valence-corrected chi connectivity index (χ3v) is 2.08. The van der Waals surface area contributed by atoms with Gasteiger partial charge in [0.05, 0.1) is 6.42 Å². The summed E-state index contributed by atoms with van der Waals surface area (Å²) < 4.78 is 36.1. The zero-order valence-corrected chi connectivity index (χ0v) is 9.53. The lowest BCUT2D eigenvalue weighted by Gasteiger charge is -2.15. The first kappa shape index (κ1) is 15.3. The normalized spacial score (nSPS) is 13.1. The zero-order valence-electron chi connectivity index (χ0n) is 7.96. The van der Waals surface area contributed by atoms with E-state index in [1.807, 2.05) is 0 Å². The highest BCUT2D eigenvalue weighted by atomic mass is 35.5. The fourth-order valence-corrected chi connectivity index (χ4v) is 1.36. The van der Waals surface area contributed by atoms with Crippen molar-refractivity contribution >= 4 is 24.0 Å². The molecular weight excluding hydrogens is 266 g/mol. The number of nitrogens with two attached hydrogens (primary N) is 1. The molecule has 0 aliphatic carbocycles. The van der Waals surface area contributed by atoms with E-state index in [1.54, 1.807) is 0 Å². The van der Waals surface area contributed by atoms with Crippen molar-refractivity contribution in [3.8, 4) is 5.75 Å². The average Bonchev–Trinajstić information content (AvgIpc) is 2.06. The third kappa shape index (κ3) is 4.47. The van der Waals surface area contributed by atoms with Crippen LogP contribution in [0, 0.1) is 0 Å². The van der Waals surface area contributed by atoms with Crippen LogP contribution < -0.4 is 5.73 Å². The number of benzene rings is 1. The summed E-state index contributed by atoms with van der Waals surface area (Å²) in [7, 11) is 0. The fourth-order valence-electron chi connectivity index (χ4n) is 1.18. The van der Waals surface area contributed by atoms with Crippen molar-refractivity contribution in [1.82, 2.24) is 0 Å². The van der Waals surface area contributed by atoms with E-state index < -0.39 is 18.6 Å². The molecule has 0 spiro atoms. The summed E-state index contributed by atoms with van der Waals surface area (Å²) >= 11 is 5.58. The van der Waals surface area contributed by atoms with Crippen molar-refractivity contribution in [2.75, 3.05) is 0 Å². The Morgan fingerprint density at radius 2 is 1.94 bits per heavy atom. The molecule has 0 saturated heterocycles. The van der Waals surface area contributed by atoms with Crippen molar-refractivity contribution in [2.24, 2.45) is 5.73 Å². The molecule has 0 fully saturated rings. The van der Waals surface area contributed by atoms with Gasteiger partial charge >= 0.3 is 6.18 Å². The van der Waals surface area contributed by atoms with Gasteiger partial charge in [0.1, 0.15) is 5.75 Å². The van der Waals surface area contributed by atoms with Gasteiger partial charge in [-0.3, -0.25) is 0 Å². The Balaban J connectivity index is 0.00000225. The summed E-state index contributed by atoms with van der Waals surface area (Å²) in [6, 6.07) is 2.52. The molecular formula is C9H10Cl2F3NO. The molecule has 0 aromatic heterocycles. The monoisotopic (exact) mass is 275 g/mol. The van der Waals surface area contributed by atoms with Gasteiger partial charge in [0.2, 0.25) is 0 Å². The van der Waals surface area contributed by atoms with E-state index >= 15 is 0 Å². The second-order valence-corrected chi connectivity index (χ2v) is 3.57. The molecule has 0 radical (unpaired) electrons. The van der Waals surface area contributed by atoms with E-state index in [0.717, 1.165) is 0 Å². The predicted molar refractivity (Wildman–Crippen MR) is 58.0 cm³/mol. The molecule has 0 aliphatic rings. The highest BCUT2D eigenvalue weighted by Crippen LogP contribution is 2.33. The van der Waals surface area contributed by atoms with E-state index in [4.69, 9.17) is 17.3 Å². The SMILES string of the molecule is Cl.N[C@H](CC(F)(F)F)c1cc(Cl)ccc1O. The van der Waals surface area contributed by atoms with Gasteiger partial charge in [-0.25, -0.2) is 0 Å². The Morgan fingerprint density at radius 1 is 1.38 bits per heavy atom. The average molecular weight is 276 g/mol. The summed E-state index contributed by atoms with van der Waals surface area (Å²) in [6.07, 6.45) is -5.56. The highest BCUT2D eigenvalue weighted by Gasteiger charge is 2.31. The van der Waals surface area contributed by atoms with Gasteiger partial charge in [-0.1, -0.05) is 11.6 Å². The van der Waals surface area contributed by atoms with Crippen LogP contribution in [0.25, 0.3) is 0 Å². The Morgan fingerprint density at radius 3 is 2.44 bits per heavy atom. The minimum absolute atomic E-state index is 0. The van der Waals surface area contributed by atoms with Gasteiger partial charge in [-0.15, -0.1) is 12.4 Å². The topological polar surface area (TPSA) is 46.2 Å². The van der Waals surface area contributed by atoms with Crippen LogP contribution in [0.3, 0.4) is 0 Å². The lowest BCUT2D eigenvalue weighted by Crippen LogP contribution is -2.20. The highest BCUT2D eigenvalue weighted by molar-refractivity contribution is 6.30. The van der Waals surface area contributed by atoms with Crippen LogP contribution in [0.2, 0.25) is 5.02 Å². The summed E-state index contributed by atoms with van der Waals surface area (Å²) in [5.74, 6) is -0.281.